The maximum Gasteiger partial charge on any atom is 0.160 e. The maximum absolute atomic E-state index is 6.07. The van der Waals surface area contributed by atoms with Crippen LogP contribution in [0.5, 0.6) is 0 Å². The molecule has 4 rings (SSSR count). The third-order valence-electron chi connectivity index (χ3n) is 3.14. The van der Waals surface area contributed by atoms with Crippen LogP contribution in [-0.4, -0.2) is 20.2 Å². The van der Waals surface area contributed by atoms with E-state index in [9.17, 15) is 0 Å². The zero-order valence-electron chi connectivity index (χ0n) is 10.4. The summed E-state index contributed by atoms with van der Waals surface area (Å²) in [5.74, 6) is 0.733. The lowest BCUT2D eigenvalue weighted by molar-refractivity contribution is 0.616. The second kappa shape index (κ2) is 4.85. The highest BCUT2D eigenvalue weighted by molar-refractivity contribution is 14.1. The minimum Gasteiger partial charge on any atom is -0.462 e. The van der Waals surface area contributed by atoms with Crippen LogP contribution in [0.15, 0.2) is 41.4 Å². The number of H-pyrrole nitrogens is 1. The summed E-state index contributed by atoms with van der Waals surface area (Å²) < 4.78 is 7.47. The van der Waals surface area contributed by atoms with E-state index < -0.39 is 0 Å². The largest absolute Gasteiger partial charge is 0.462 e. The number of halogens is 2. The van der Waals surface area contributed by atoms with Gasteiger partial charge in [-0.1, -0.05) is 11.6 Å². The van der Waals surface area contributed by atoms with Crippen molar-refractivity contribution in [1.82, 2.24) is 20.2 Å². The summed E-state index contributed by atoms with van der Waals surface area (Å²) in [6, 6.07) is 5.52. The van der Waals surface area contributed by atoms with Gasteiger partial charge in [0.1, 0.15) is 18.2 Å². The molecule has 0 fully saturated rings. The van der Waals surface area contributed by atoms with Crippen LogP contribution < -0.4 is 3.11 Å². The summed E-state index contributed by atoms with van der Waals surface area (Å²) in [4.78, 5) is 8.48. The molecule has 8 heteroatoms. The molecule has 0 amide bonds. The monoisotopic (exact) mass is 411 g/mol. The molecule has 6 nitrogen and oxygen atoms in total. The second-order valence-electron chi connectivity index (χ2n) is 4.37. The lowest BCUT2D eigenvalue weighted by Gasteiger charge is -2.14. The Kier molecular flexibility index (Phi) is 2.96. The Morgan fingerprint density at radius 3 is 3.05 bits per heavy atom. The molecule has 0 saturated carbocycles. The average molecular weight is 412 g/mol. The van der Waals surface area contributed by atoms with E-state index in [1.165, 1.54) is 6.33 Å². The maximum atomic E-state index is 6.07. The second-order valence-corrected chi connectivity index (χ2v) is 5.77. The van der Waals surface area contributed by atoms with Crippen LogP contribution in [0.4, 0.5) is 11.5 Å². The summed E-state index contributed by atoms with van der Waals surface area (Å²) in [5, 5.41) is 9.25. The molecule has 0 aliphatic heterocycles. The highest BCUT2D eigenvalue weighted by atomic mass is 127. The standard InChI is InChI=1S/C13H7ClIN5O/c14-7-1-2-11-8(3-7)10(5-21-11)20(15)13-9-4-18-19-12(9)16-6-17-13/h1-6H,(H,16,17,18,19). The lowest BCUT2D eigenvalue weighted by Crippen LogP contribution is -2.03. The smallest absolute Gasteiger partial charge is 0.160 e. The van der Waals surface area contributed by atoms with Gasteiger partial charge in [-0.15, -0.1) is 0 Å². The van der Waals surface area contributed by atoms with E-state index in [1.54, 1.807) is 18.5 Å². The van der Waals surface area contributed by atoms with Crippen LogP contribution in [0.25, 0.3) is 22.0 Å². The van der Waals surface area contributed by atoms with Gasteiger partial charge in [-0.3, -0.25) is 8.21 Å². The van der Waals surface area contributed by atoms with Gasteiger partial charge in [0, 0.05) is 10.4 Å². The summed E-state index contributed by atoms with van der Waals surface area (Å²) in [5.41, 5.74) is 2.33. The van der Waals surface area contributed by atoms with Gasteiger partial charge in [0.2, 0.25) is 0 Å². The van der Waals surface area contributed by atoms with Gasteiger partial charge in [0.25, 0.3) is 0 Å². The van der Waals surface area contributed by atoms with Crippen molar-refractivity contribution >= 4 is 68.0 Å². The Bertz CT molecular complexity index is 950. The first kappa shape index (κ1) is 12.8. The summed E-state index contributed by atoms with van der Waals surface area (Å²) in [6.45, 7) is 0. The normalized spacial score (nSPS) is 11.3. The molecule has 0 spiro atoms. The van der Waals surface area contributed by atoms with Gasteiger partial charge in [0.05, 0.1) is 40.1 Å². The van der Waals surface area contributed by atoms with Gasteiger partial charge < -0.3 is 4.42 Å². The first-order chi connectivity index (χ1) is 10.2. The molecule has 0 radical (unpaired) electrons. The molecule has 3 aromatic heterocycles. The predicted octanol–water partition coefficient (Wildman–Crippen LogP) is 4.24. The third-order valence-corrected chi connectivity index (χ3v) is 4.35. The van der Waals surface area contributed by atoms with E-state index in [2.05, 4.69) is 43.0 Å². The minimum absolute atomic E-state index is 0.658. The molecule has 0 aliphatic rings. The van der Waals surface area contributed by atoms with Crippen LogP contribution in [0.2, 0.25) is 5.02 Å². The Morgan fingerprint density at radius 2 is 2.14 bits per heavy atom. The van der Waals surface area contributed by atoms with Gasteiger partial charge >= 0.3 is 0 Å². The molecule has 0 bridgehead atoms. The number of hydrogen-bond donors (Lipinski definition) is 1. The minimum atomic E-state index is 0.658. The fourth-order valence-corrected chi connectivity index (χ4v) is 3.09. The van der Waals surface area contributed by atoms with Crippen molar-refractivity contribution in [3.8, 4) is 0 Å². The molecule has 4 aromatic rings. The van der Waals surface area contributed by atoms with E-state index in [0.29, 0.717) is 10.7 Å². The molecule has 3 heterocycles. The third kappa shape index (κ3) is 2.04. The van der Waals surface area contributed by atoms with Crippen molar-refractivity contribution in [3.63, 3.8) is 0 Å². The number of rotatable bonds is 2. The molecule has 0 saturated heterocycles. The Hall–Kier alpha value is -1.87. The summed E-state index contributed by atoms with van der Waals surface area (Å²) in [7, 11) is 0. The predicted molar refractivity (Wildman–Crippen MR) is 89.1 cm³/mol. The first-order valence-corrected chi connectivity index (χ1v) is 7.35. The van der Waals surface area contributed by atoms with Crippen LogP contribution >= 0.6 is 34.5 Å². The number of hydrogen-bond acceptors (Lipinski definition) is 5. The Morgan fingerprint density at radius 1 is 1.24 bits per heavy atom. The fraction of sp³-hybridized carbons (Fsp3) is 0. The van der Waals surface area contributed by atoms with Crippen molar-refractivity contribution in [3.05, 3.63) is 42.0 Å². The van der Waals surface area contributed by atoms with Crippen molar-refractivity contribution in [2.75, 3.05) is 3.11 Å². The number of nitrogens with zero attached hydrogens (tertiary/aromatic N) is 4. The Labute approximate surface area is 137 Å². The molecular weight excluding hydrogens is 405 g/mol. The number of furan rings is 1. The fourth-order valence-electron chi connectivity index (χ4n) is 2.16. The van der Waals surface area contributed by atoms with E-state index >= 15 is 0 Å². The quantitative estimate of drug-likeness (QED) is 0.395. The molecular formula is C13H7ClIN5O. The number of anilines is 2. The molecule has 1 N–H and O–H groups in total. The van der Waals surface area contributed by atoms with Crippen LogP contribution in [0, 0.1) is 0 Å². The highest BCUT2D eigenvalue weighted by Crippen LogP contribution is 2.38. The lowest BCUT2D eigenvalue weighted by atomic mass is 10.2. The molecule has 1 aromatic carbocycles. The van der Waals surface area contributed by atoms with Crippen LogP contribution in [0.3, 0.4) is 0 Å². The van der Waals surface area contributed by atoms with E-state index in [-0.39, 0.29) is 0 Å². The SMILES string of the molecule is Clc1ccc2occ(N(I)c3ncnc4[nH]ncc34)c2c1. The van der Waals surface area contributed by atoms with Gasteiger partial charge in [-0.05, 0) is 18.2 Å². The Balaban J connectivity index is 1.92. The molecule has 104 valence electrons. The molecule has 0 atom stereocenters. The van der Waals surface area contributed by atoms with Crippen molar-refractivity contribution in [2.24, 2.45) is 0 Å². The molecule has 21 heavy (non-hydrogen) atoms. The van der Waals surface area contributed by atoms with Crippen molar-refractivity contribution < 1.29 is 4.42 Å². The summed E-state index contributed by atoms with van der Waals surface area (Å²) >= 11 is 8.25. The number of benzene rings is 1. The number of nitrogens with one attached hydrogen (secondary N) is 1. The van der Waals surface area contributed by atoms with Crippen LogP contribution in [-0.2, 0) is 0 Å². The van der Waals surface area contributed by atoms with E-state index in [4.69, 9.17) is 16.0 Å². The first-order valence-electron chi connectivity index (χ1n) is 6.01. The van der Waals surface area contributed by atoms with Gasteiger partial charge in [-0.25, -0.2) is 9.97 Å². The topological polar surface area (TPSA) is 70.8 Å². The number of aromatic amines is 1. The number of aromatic nitrogens is 4. The summed E-state index contributed by atoms with van der Waals surface area (Å²) in [6.07, 6.45) is 4.88. The number of fused-ring (bicyclic) bond motifs is 2. The van der Waals surface area contributed by atoms with Crippen LogP contribution in [0.1, 0.15) is 0 Å². The molecule has 0 unspecified atom stereocenters. The van der Waals surface area contributed by atoms with Gasteiger partial charge in [-0.2, -0.15) is 5.10 Å². The van der Waals surface area contributed by atoms with Crippen molar-refractivity contribution in [1.29, 1.82) is 0 Å². The van der Waals surface area contributed by atoms with E-state index in [0.717, 1.165) is 27.9 Å². The van der Waals surface area contributed by atoms with Gasteiger partial charge in [0.15, 0.2) is 11.5 Å². The zero-order valence-corrected chi connectivity index (χ0v) is 13.3. The zero-order chi connectivity index (χ0) is 14.4. The average Bonchev–Trinajstić information content (AvgIpc) is 3.12. The van der Waals surface area contributed by atoms with Crippen molar-refractivity contribution in [2.45, 2.75) is 0 Å². The van der Waals surface area contributed by atoms with E-state index in [1.807, 2.05) is 15.2 Å². The molecule has 0 aliphatic carbocycles. The highest BCUT2D eigenvalue weighted by Gasteiger charge is 2.17.